The minimum absolute atomic E-state index is 0.0375. The zero-order valence-corrected chi connectivity index (χ0v) is 11.9. The first-order chi connectivity index (χ1) is 9.42. The topological polar surface area (TPSA) is 93.0 Å². The predicted octanol–water partition coefficient (Wildman–Crippen LogP) is -0.833. The van der Waals surface area contributed by atoms with Gasteiger partial charge in [0.15, 0.2) is 17.0 Å². The third kappa shape index (κ3) is 1.93. The summed E-state index contributed by atoms with van der Waals surface area (Å²) in [7, 11) is 2.88. The molecule has 0 atom stereocenters. The lowest BCUT2D eigenvalue weighted by Crippen LogP contribution is -2.39. The molecule has 2 aromatic heterocycles. The minimum atomic E-state index is -0.557. The van der Waals surface area contributed by atoms with Crippen molar-refractivity contribution in [3.63, 3.8) is 0 Å². The van der Waals surface area contributed by atoms with Crippen LogP contribution in [-0.4, -0.2) is 32.2 Å². The van der Waals surface area contributed by atoms with E-state index in [9.17, 15) is 14.4 Å². The number of nitrogens with one attached hydrogen (secondary N) is 1. The molecule has 0 aliphatic carbocycles. The SMILES string of the molecule is CCN(CC)c1nc2c([nH]c1=O)c(=O)n(C)c(=O)n2C. The number of hydrogen-bond donors (Lipinski definition) is 1. The van der Waals surface area contributed by atoms with Crippen LogP contribution in [0.25, 0.3) is 11.2 Å². The van der Waals surface area contributed by atoms with Gasteiger partial charge in [-0.1, -0.05) is 0 Å². The molecular weight excluding hydrogens is 262 g/mol. The summed E-state index contributed by atoms with van der Waals surface area (Å²) in [5, 5.41) is 0. The molecule has 0 radical (unpaired) electrons. The average molecular weight is 279 g/mol. The lowest BCUT2D eigenvalue weighted by molar-refractivity contribution is 0.701. The number of nitrogens with zero attached hydrogens (tertiary/aromatic N) is 4. The first-order valence-corrected chi connectivity index (χ1v) is 6.37. The van der Waals surface area contributed by atoms with Crippen LogP contribution in [0.1, 0.15) is 13.8 Å². The Labute approximate surface area is 114 Å². The van der Waals surface area contributed by atoms with Crippen molar-refractivity contribution in [1.82, 2.24) is 19.1 Å². The van der Waals surface area contributed by atoms with Gasteiger partial charge in [-0.2, -0.15) is 0 Å². The van der Waals surface area contributed by atoms with Crippen LogP contribution in [0.4, 0.5) is 5.82 Å². The summed E-state index contributed by atoms with van der Waals surface area (Å²) in [6, 6.07) is 0. The molecule has 0 saturated heterocycles. The molecule has 20 heavy (non-hydrogen) atoms. The Balaban J connectivity index is 2.94. The molecule has 0 aliphatic heterocycles. The standard InChI is InChI=1S/C12H17N5O3/c1-5-17(6-2)9-10(18)13-7-8(14-9)15(3)12(20)16(4)11(7)19/h5-6H2,1-4H3,(H,13,18). The fourth-order valence-electron chi connectivity index (χ4n) is 2.13. The van der Waals surface area contributed by atoms with Gasteiger partial charge in [-0.25, -0.2) is 9.78 Å². The fraction of sp³-hybridized carbons (Fsp3) is 0.500. The van der Waals surface area contributed by atoms with Gasteiger partial charge in [-0.15, -0.1) is 0 Å². The number of aryl methyl sites for hydroxylation is 1. The van der Waals surface area contributed by atoms with E-state index >= 15 is 0 Å². The molecule has 8 nitrogen and oxygen atoms in total. The van der Waals surface area contributed by atoms with E-state index in [-0.39, 0.29) is 17.0 Å². The van der Waals surface area contributed by atoms with Crippen LogP contribution in [0, 0.1) is 0 Å². The number of rotatable bonds is 3. The van der Waals surface area contributed by atoms with Gasteiger partial charge in [-0.3, -0.25) is 18.7 Å². The second-order valence-corrected chi connectivity index (χ2v) is 4.47. The molecule has 0 aromatic carbocycles. The predicted molar refractivity (Wildman–Crippen MR) is 76.4 cm³/mol. The number of fused-ring (bicyclic) bond motifs is 1. The van der Waals surface area contributed by atoms with Crippen LogP contribution < -0.4 is 21.7 Å². The molecule has 0 aliphatic rings. The van der Waals surface area contributed by atoms with Crippen LogP contribution in [-0.2, 0) is 14.1 Å². The fourth-order valence-corrected chi connectivity index (χ4v) is 2.13. The average Bonchev–Trinajstić information content (AvgIpc) is 2.45. The number of aromatic amines is 1. The van der Waals surface area contributed by atoms with E-state index in [0.29, 0.717) is 13.1 Å². The monoisotopic (exact) mass is 279 g/mol. The van der Waals surface area contributed by atoms with Gasteiger partial charge in [0.25, 0.3) is 11.1 Å². The number of hydrogen-bond acceptors (Lipinski definition) is 5. The van der Waals surface area contributed by atoms with Gasteiger partial charge >= 0.3 is 5.69 Å². The number of H-pyrrole nitrogens is 1. The smallest absolute Gasteiger partial charge is 0.332 e. The van der Waals surface area contributed by atoms with Gasteiger partial charge in [0.05, 0.1) is 0 Å². The minimum Gasteiger partial charge on any atom is -0.353 e. The second kappa shape index (κ2) is 4.95. The molecule has 0 amide bonds. The molecule has 0 saturated carbocycles. The van der Waals surface area contributed by atoms with Crippen molar-refractivity contribution in [1.29, 1.82) is 0 Å². The Morgan fingerprint density at radius 1 is 1.10 bits per heavy atom. The maximum absolute atomic E-state index is 12.1. The van der Waals surface area contributed by atoms with Crippen LogP contribution in [0.5, 0.6) is 0 Å². The molecule has 0 spiro atoms. The first-order valence-electron chi connectivity index (χ1n) is 6.37. The molecule has 0 bridgehead atoms. The van der Waals surface area contributed by atoms with Gasteiger partial charge in [-0.05, 0) is 13.8 Å². The van der Waals surface area contributed by atoms with Crippen molar-refractivity contribution in [2.45, 2.75) is 13.8 Å². The summed E-state index contributed by atoms with van der Waals surface area (Å²) in [4.78, 5) is 44.5. The molecule has 2 rings (SSSR count). The van der Waals surface area contributed by atoms with Gasteiger partial charge < -0.3 is 9.88 Å². The van der Waals surface area contributed by atoms with Crippen LogP contribution in [0.3, 0.4) is 0 Å². The molecule has 2 aromatic rings. The Morgan fingerprint density at radius 2 is 1.70 bits per heavy atom. The number of anilines is 1. The number of aromatic nitrogens is 4. The molecule has 0 fully saturated rings. The summed E-state index contributed by atoms with van der Waals surface area (Å²) in [5.74, 6) is 0.214. The maximum Gasteiger partial charge on any atom is 0.332 e. The van der Waals surface area contributed by atoms with E-state index in [0.717, 1.165) is 4.57 Å². The van der Waals surface area contributed by atoms with Crippen LogP contribution >= 0.6 is 0 Å². The Kier molecular flexibility index (Phi) is 3.47. The molecule has 8 heteroatoms. The highest BCUT2D eigenvalue weighted by Crippen LogP contribution is 2.07. The Hall–Kier alpha value is -2.38. The molecule has 108 valence electrons. The lowest BCUT2D eigenvalue weighted by atomic mass is 10.4. The Bertz CT molecular complexity index is 826. The van der Waals surface area contributed by atoms with Crippen molar-refractivity contribution in [3.8, 4) is 0 Å². The highest BCUT2D eigenvalue weighted by molar-refractivity contribution is 5.70. The summed E-state index contributed by atoms with van der Waals surface area (Å²) in [6.45, 7) is 5.02. The van der Waals surface area contributed by atoms with Crippen LogP contribution in [0.2, 0.25) is 0 Å². The zero-order chi connectivity index (χ0) is 15.0. The summed E-state index contributed by atoms with van der Waals surface area (Å²) in [5.41, 5.74) is -1.25. The third-order valence-electron chi connectivity index (χ3n) is 3.35. The van der Waals surface area contributed by atoms with E-state index in [1.807, 2.05) is 13.8 Å². The summed E-state index contributed by atoms with van der Waals surface area (Å²) >= 11 is 0. The van der Waals surface area contributed by atoms with Crippen molar-refractivity contribution >= 4 is 17.0 Å². The maximum atomic E-state index is 12.1. The van der Waals surface area contributed by atoms with E-state index < -0.39 is 16.8 Å². The third-order valence-corrected chi connectivity index (χ3v) is 3.35. The van der Waals surface area contributed by atoms with E-state index in [2.05, 4.69) is 9.97 Å². The highest BCUT2D eigenvalue weighted by Gasteiger charge is 2.15. The van der Waals surface area contributed by atoms with Crippen molar-refractivity contribution in [3.05, 3.63) is 31.2 Å². The quantitative estimate of drug-likeness (QED) is 0.791. The van der Waals surface area contributed by atoms with Crippen molar-refractivity contribution in [2.75, 3.05) is 18.0 Å². The van der Waals surface area contributed by atoms with Crippen molar-refractivity contribution in [2.24, 2.45) is 14.1 Å². The summed E-state index contributed by atoms with van der Waals surface area (Å²) in [6.07, 6.45) is 0. The van der Waals surface area contributed by atoms with Gasteiger partial charge in [0, 0.05) is 27.2 Å². The lowest BCUT2D eigenvalue weighted by Gasteiger charge is -2.19. The van der Waals surface area contributed by atoms with Crippen molar-refractivity contribution < 1.29 is 0 Å². The van der Waals surface area contributed by atoms with E-state index in [1.54, 1.807) is 4.90 Å². The molecule has 1 N–H and O–H groups in total. The Morgan fingerprint density at radius 3 is 2.25 bits per heavy atom. The van der Waals surface area contributed by atoms with Crippen LogP contribution in [0.15, 0.2) is 14.4 Å². The zero-order valence-electron chi connectivity index (χ0n) is 11.9. The van der Waals surface area contributed by atoms with Gasteiger partial charge in [0.1, 0.15) is 0 Å². The highest BCUT2D eigenvalue weighted by atomic mass is 16.2. The van der Waals surface area contributed by atoms with Gasteiger partial charge in [0.2, 0.25) is 0 Å². The van der Waals surface area contributed by atoms with E-state index in [4.69, 9.17) is 0 Å². The first kappa shape index (κ1) is 14.0. The second-order valence-electron chi connectivity index (χ2n) is 4.47. The largest absolute Gasteiger partial charge is 0.353 e. The molecule has 2 heterocycles. The molecule has 0 unspecified atom stereocenters. The normalized spacial score (nSPS) is 11.0. The molecular formula is C12H17N5O3. The summed E-state index contributed by atoms with van der Waals surface area (Å²) < 4.78 is 2.19. The van der Waals surface area contributed by atoms with E-state index in [1.165, 1.54) is 18.7 Å².